The number of rotatable bonds is 9. The molecule has 1 amide bonds. The summed E-state index contributed by atoms with van der Waals surface area (Å²) in [6.45, 7) is 0.214. The molecule has 1 aromatic carbocycles. The fraction of sp³-hybridized carbons (Fsp3) is 0.130. The molecule has 0 bridgehead atoms. The van der Waals surface area contributed by atoms with Crippen molar-refractivity contribution in [3.63, 3.8) is 0 Å². The van der Waals surface area contributed by atoms with Crippen molar-refractivity contribution in [1.29, 1.82) is 0 Å². The number of amides is 1. The van der Waals surface area contributed by atoms with Crippen LogP contribution in [0.2, 0.25) is 0 Å². The minimum atomic E-state index is -0.431. The molecule has 11 heteroatoms. The van der Waals surface area contributed by atoms with E-state index in [0.29, 0.717) is 29.0 Å². The number of imidazole rings is 1. The SMILES string of the molecule is O=C(C=CCC(=O)OCCc1ncc[nH]1)Nc1cc2c(Nc3cccc(Br)c3)ncnc2cn1. The Labute approximate surface area is 203 Å². The number of aromatic amines is 1. The van der Waals surface area contributed by atoms with Crippen LogP contribution >= 0.6 is 15.9 Å². The quantitative estimate of drug-likeness (QED) is 0.222. The van der Waals surface area contributed by atoms with Gasteiger partial charge < -0.3 is 20.4 Å². The summed E-state index contributed by atoms with van der Waals surface area (Å²) in [5.41, 5.74) is 1.47. The maximum atomic E-state index is 12.3. The van der Waals surface area contributed by atoms with Gasteiger partial charge in [0.1, 0.15) is 23.8 Å². The standard InChI is InChI=1S/C23H20BrN7O3/c24-15-3-1-4-16(11-15)30-23-17-12-20(27-13-18(17)28-14-29-23)31-21(32)5-2-6-22(33)34-10-7-19-25-8-9-26-19/h1-5,8-9,11-14H,6-7,10H2,(H,25,26)(H,27,31,32)(H,28,29,30). The normalized spacial score (nSPS) is 11.0. The van der Waals surface area contributed by atoms with E-state index >= 15 is 0 Å². The van der Waals surface area contributed by atoms with Gasteiger partial charge in [0.05, 0.1) is 24.7 Å². The van der Waals surface area contributed by atoms with Gasteiger partial charge in [0.2, 0.25) is 5.91 Å². The van der Waals surface area contributed by atoms with Gasteiger partial charge in [-0.25, -0.2) is 19.9 Å². The monoisotopic (exact) mass is 521 g/mol. The van der Waals surface area contributed by atoms with E-state index in [9.17, 15) is 9.59 Å². The molecule has 3 aromatic heterocycles. The minimum Gasteiger partial charge on any atom is -0.465 e. The van der Waals surface area contributed by atoms with Gasteiger partial charge in [-0.05, 0) is 30.3 Å². The topological polar surface area (TPSA) is 135 Å². The molecule has 0 saturated carbocycles. The van der Waals surface area contributed by atoms with E-state index in [1.54, 1.807) is 24.7 Å². The predicted octanol–water partition coefficient (Wildman–Crippen LogP) is 3.92. The van der Waals surface area contributed by atoms with E-state index < -0.39 is 11.9 Å². The Morgan fingerprint density at radius 3 is 2.88 bits per heavy atom. The number of esters is 1. The van der Waals surface area contributed by atoms with E-state index in [4.69, 9.17) is 4.74 Å². The number of H-pyrrole nitrogens is 1. The summed E-state index contributed by atoms with van der Waals surface area (Å²) < 4.78 is 6.04. The molecule has 172 valence electrons. The van der Waals surface area contributed by atoms with E-state index in [1.807, 2.05) is 24.3 Å². The number of carbonyl (C=O) groups is 2. The third-order valence-electron chi connectivity index (χ3n) is 4.57. The molecule has 0 unspecified atom stereocenters. The van der Waals surface area contributed by atoms with E-state index in [1.165, 1.54) is 18.5 Å². The molecule has 3 N–H and O–H groups in total. The second-order valence-corrected chi connectivity index (χ2v) is 7.96. The third kappa shape index (κ3) is 6.45. The van der Waals surface area contributed by atoms with Crippen molar-refractivity contribution in [3.05, 3.63) is 77.7 Å². The highest BCUT2D eigenvalue weighted by molar-refractivity contribution is 9.10. The molecule has 0 fully saturated rings. The fourth-order valence-corrected chi connectivity index (χ4v) is 3.41. The van der Waals surface area contributed by atoms with Crippen molar-refractivity contribution >= 4 is 56.0 Å². The lowest BCUT2D eigenvalue weighted by Crippen LogP contribution is -2.10. The maximum absolute atomic E-state index is 12.3. The summed E-state index contributed by atoms with van der Waals surface area (Å²) in [5.74, 6) is 0.795. The van der Waals surface area contributed by atoms with Crippen molar-refractivity contribution in [2.45, 2.75) is 12.8 Å². The summed E-state index contributed by atoms with van der Waals surface area (Å²) in [6, 6.07) is 9.35. The van der Waals surface area contributed by atoms with E-state index in [0.717, 1.165) is 16.0 Å². The lowest BCUT2D eigenvalue weighted by Gasteiger charge is -2.09. The number of ether oxygens (including phenoxy) is 1. The molecule has 0 radical (unpaired) electrons. The molecular weight excluding hydrogens is 502 g/mol. The highest BCUT2D eigenvalue weighted by Crippen LogP contribution is 2.25. The van der Waals surface area contributed by atoms with Gasteiger partial charge in [-0.2, -0.15) is 0 Å². The van der Waals surface area contributed by atoms with Crippen molar-refractivity contribution in [2.75, 3.05) is 17.2 Å². The van der Waals surface area contributed by atoms with Gasteiger partial charge in [-0.15, -0.1) is 0 Å². The molecule has 0 aliphatic rings. The van der Waals surface area contributed by atoms with Crippen LogP contribution in [0.25, 0.3) is 10.9 Å². The first-order valence-corrected chi connectivity index (χ1v) is 11.1. The van der Waals surface area contributed by atoms with Crippen LogP contribution in [-0.2, 0) is 20.7 Å². The molecule has 10 nitrogen and oxygen atoms in total. The first-order valence-electron chi connectivity index (χ1n) is 10.3. The van der Waals surface area contributed by atoms with Crippen LogP contribution in [0.1, 0.15) is 12.2 Å². The zero-order valence-electron chi connectivity index (χ0n) is 17.9. The van der Waals surface area contributed by atoms with Crippen LogP contribution in [0.15, 0.2) is 71.9 Å². The summed E-state index contributed by atoms with van der Waals surface area (Å²) in [6.07, 6.45) is 9.52. The molecule has 0 aliphatic carbocycles. The molecule has 0 spiro atoms. The van der Waals surface area contributed by atoms with Gasteiger partial charge in [0.15, 0.2) is 0 Å². The molecular formula is C23H20BrN7O3. The average Bonchev–Trinajstić information content (AvgIpc) is 3.33. The molecule has 4 rings (SSSR count). The number of benzene rings is 1. The maximum Gasteiger partial charge on any atom is 0.309 e. The Morgan fingerprint density at radius 2 is 2.06 bits per heavy atom. The zero-order chi connectivity index (χ0) is 23.8. The second-order valence-electron chi connectivity index (χ2n) is 7.05. The zero-order valence-corrected chi connectivity index (χ0v) is 19.4. The van der Waals surface area contributed by atoms with Crippen LogP contribution in [0.3, 0.4) is 0 Å². The van der Waals surface area contributed by atoms with E-state index in [2.05, 4.69) is 51.5 Å². The Hall–Kier alpha value is -4.12. The molecule has 4 aromatic rings. The number of fused-ring (bicyclic) bond motifs is 1. The number of aromatic nitrogens is 5. The van der Waals surface area contributed by atoms with Gasteiger partial charge >= 0.3 is 5.97 Å². The first-order chi connectivity index (χ1) is 16.6. The minimum absolute atomic E-state index is 0.0226. The smallest absolute Gasteiger partial charge is 0.309 e. The highest BCUT2D eigenvalue weighted by Gasteiger charge is 2.08. The summed E-state index contributed by atoms with van der Waals surface area (Å²) in [7, 11) is 0. The van der Waals surface area contributed by atoms with Gasteiger partial charge in [-0.3, -0.25) is 9.59 Å². The second kappa shape index (κ2) is 11.1. The fourth-order valence-electron chi connectivity index (χ4n) is 3.02. The lowest BCUT2D eigenvalue weighted by atomic mass is 10.2. The number of pyridine rings is 1. The van der Waals surface area contributed by atoms with Crippen LogP contribution in [-0.4, -0.2) is 43.4 Å². The Bertz CT molecular complexity index is 1330. The van der Waals surface area contributed by atoms with E-state index in [-0.39, 0.29) is 13.0 Å². The highest BCUT2D eigenvalue weighted by atomic mass is 79.9. The summed E-state index contributed by atoms with van der Waals surface area (Å²) >= 11 is 3.44. The molecule has 0 atom stereocenters. The average molecular weight is 522 g/mol. The third-order valence-corrected chi connectivity index (χ3v) is 5.06. The first kappa shape index (κ1) is 23.1. The van der Waals surface area contributed by atoms with Crippen molar-refractivity contribution < 1.29 is 14.3 Å². The molecule has 0 aliphatic heterocycles. The summed E-state index contributed by atoms with van der Waals surface area (Å²) in [4.78, 5) is 43.8. The Balaban J connectivity index is 1.34. The largest absolute Gasteiger partial charge is 0.465 e. The number of halogens is 1. The van der Waals surface area contributed by atoms with Gasteiger partial charge in [0.25, 0.3) is 0 Å². The van der Waals surface area contributed by atoms with Crippen molar-refractivity contribution in [3.8, 4) is 0 Å². The number of anilines is 3. The van der Waals surface area contributed by atoms with Crippen LogP contribution in [0, 0.1) is 0 Å². The number of carbonyl (C=O) groups excluding carboxylic acids is 2. The Morgan fingerprint density at radius 1 is 1.15 bits per heavy atom. The lowest BCUT2D eigenvalue weighted by molar-refractivity contribution is -0.142. The van der Waals surface area contributed by atoms with Crippen LogP contribution < -0.4 is 10.6 Å². The van der Waals surface area contributed by atoms with Crippen LogP contribution in [0.4, 0.5) is 17.3 Å². The van der Waals surface area contributed by atoms with Crippen molar-refractivity contribution in [2.24, 2.45) is 0 Å². The number of hydrogen-bond donors (Lipinski definition) is 3. The van der Waals surface area contributed by atoms with Gasteiger partial charge in [0, 0.05) is 34.4 Å². The number of nitrogens with one attached hydrogen (secondary N) is 3. The summed E-state index contributed by atoms with van der Waals surface area (Å²) in [5, 5.41) is 6.62. The molecule has 34 heavy (non-hydrogen) atoms. The Kier molecular flexibility index (Phi) is 7.56. The number of hydrogen-bond acceptors (Lipinski definition) is 8. The predicted molar refractivity (Wildman–Crippen MR) is 130 cm³/mol. The molecule has 3 heterocycles. The number of nitrogens with zero attached hydrogens (tertiary/aromatic N) is 4. The van der Waals surface area contributed by atoms with Gasteiger partial charge in [-0.1, -0.05) is 28.1 Å². The van der Waals surface area contributed by atoms with Crippen LogP contribution in [0.5, 0.6) is 0 Å². The van der Waals surface area contributed by atoms with Crippen molar-refractivity contribution in [1.82, 2.24) is 24.9 Å². The molecule has 0 saturated heterocycles.